The largest absolute Gasteiger partial charge is 1.00 e. The average Bonchev–Trinajstić information content (AvgIpc) is 1.76. The second kappa shape index (κ2) is 49.6. The molecular formula is CH8Na4O12P4+4. The van der Waals surface area contributed by atoms with Crippen LogP contribution in [-0.4, -0.2) is 19.6 Å². The Morgan fingerprint density at radius 2 is 0.524 bits per heavy atom. The first kappa shape index (κ1) is 56.2. The van der Waals surface area contributed by atoms with Crippen molar-refractivity contribution in [3.63, 3.8) is 0 Å². The zero-order valence-electron chi connectivity index (χ0n) is 10.8. The summed E-state index contributed by atoms with van der Waals surface area (Å²) in [5.41, 5.74) is 0. The van der Waals surface area contributed by atoms with Gasteiger partial charge in [-0.15, -0.1) is 19.6 Å². The van der Waals surface area contributed by atoms with E-state index in [0.29, 0.717) is 0 Å². The first-order valence-corrected chi connectivity index (χ1v) is 6.78. The molecular weight excluding hydrogens is 420 g/mol. The molecule has 0 fully saturated rings. The third-order valence-corrected chi connectivity index (χ3v) is 0. The van der Waals surface area contributed by atoms with Gasteiger partial charge in [-0.25, -0.2) is 0 Å². The molecule has 0 amide bonds. The van der Waals surface area contributed by atoms with Gasteiger partial charge in [-0.2, -0.15) is 0 Å². The Balaban J connectivity index is -0.0000000121. The summed E-state index contributed by atoms with van der Waals surface area (Å²) in [6.07, 6.45) is 0. The zero-order chi connectivity index (χ0) is 14.3. The van der Waals surface area contributed by atoms with Crippen molar-refractivity contribution in [2.24, 2.45) is 0 Å². The van der Waals surface area contributed by atoms with E-state index in [4.69, 9.17) is 57.4 Å². The average molecular weight is 428 g/mol. The number of hydrogen-bond acceptors (Lipinski definition) is 8. The smallest absolute Gasteiger partial charge is 0.598 e. The summed E-state index contributed by atoms with van der Waals surface area (Å²) in [5, 5.41) is 0. The van der Waals surface area contributed by atoms with Gasteiger partial charge in [-0.05, 0) is 0 Å². The molecule has 0 aromatic heterocycles. The van der Waals surface area contributed by atoms with Crippen LogP contribution in [0.3, 0.4) is 0 Å². The maximum absolute atomic E-state index is 8.70. The van der Waals surface area contributed by atoms with Crippen LogP contribution in [0.4, 0.5) is 0 Å². The topological polar surface area (TPSA) is 241 Å². The molecule has 0 saturated carbocycles. The van der Waals surface area contributed by atoms with Gasteiger partial charge >= 0.3 is 135 Å². The predicted molar refractivity (Wildman–Crippen MR) is 46.0 cm³/mol. The molecule has 0 aliphatic rings. The summed E-state index contributed by atoms with van der Waals surface area (Å²) in [4.78, 5) is 62.4. The van der Waals surface area contributed by atoms with Gasteiger partial charge in [-0.1, -0.05) is 16.6 Å². The predicted octanol–water partition coefficient (Wildman–Crippen LogP) is -15.4. The minimum absolute atomic E-state index is 0. The molecule has 0 aromatic rings. The van der Waals surface area contributed by atoms with Crippen molar-refractivity contribution in [2.45, 2.75) is 7.43 Å². The molecule has 12 nitrogen and oxygen atoms in total. The summed E-state index contributed by atoms with van der Waals surface area (Å²) in [6, 6.07) is 0. The Morgan fingerprint density at radius 1 is 0.524 bits per heavy atom. The van der Waals surface area contributed by atoms with Gasteiger partial charge < -0.3 is 19.6 Å². The standard InChI is InChI=1S/CH4.4Na.4HO3P/c;;;;;4*1-4(2)3/h1H4;;;;;2*(H-,1,2,3);2*(H,1,2,3)/q;4*+1;;;;. The van der Waals surface area contributed by atoms with E-state index in [1.54, 1.807) is 0 Å². The summed E-state index contributed by atoms with van der Waals surface area (Å²) in [7, 11) is -12.5. The fraction of sp³-hybridized carbons (Fsp3) is 1.00. The second-order valence-corrected chi connectivity index (χ2v) is 2.86. The fourth-order valence-corrected chi connectivity index (χ4v) is 0. The monoisotopic (exact) mass is 428 g/mol. The van der Waals surface area contributed by atoms with Crippen LogP contribution >= 0.6 is 33.0 Å². The molecule has 0 unspecified atom stereocenters. The Kier molecular flexibility index (Phi) is 133. The first-order valence-electron chi connectivity index (χ1n) is 2.26. The minimum Gasteiger partial charge on any atom is -0.598 e. The van der Waals surface area contributed by atoms with E-state index in [-0.39, 0.29) is 126 Å². The molecule has 20 heteroatoms. The summed E-state index contributed by atoms with van der Waals surface area (Å²) < 4.78 is 34.4. The van der Waals surface area contributed by atoms with Crippen molar-refractivity contribution < 1.29 is 176 Å². The minimum atomic E-state index is -3.37. The number of hydrogen-bond donors (Lipinski definition) is 4. The molecule has 21 heavy (non-hydrogen) atoms. The van der Waals surface area contributed by atoms with Gasteiger partial charge in [0, 0.05) is 9.13 Å². The normalized spacial score (nSPS) is 4.95. The van der Waals surface area contributed by atoms with Crippen molar-refractivity contribution in [2.75, 3.05) is 0 Å². The van der Waals surface area contributed by atoms with E-state index in [1.807, 2.05) is 0 Å². The maximum atomic E-state index is 8.70. The van der Waals surface area contributed by atoms with E-state index in [0.717, 1.165) is 0 Å². The van der Waals surface area contributed by atoms with Crippen LogP contribution in [0, 0.1) is 0 Å². The van der Waals surface area contributed by atoms with Crippen molar-refractivity contribution >= 4 is 33.0 Å². The van der Waals surface area contributed by atoms with E-state index < -0.39 is 33.0 Å². The Bertz CT molecular complexity index is 173. The van der Waals surface area contributed by atoms with Gasteiger partial charge in [0.1, 0.15) is 0 Å². The van der Waals surface area contributed by atoms with Crippen LogP contribution in [0.1, 0.15) is 7.43 Å². The summed E-state index contributed by atoms with van der Waals surface area (Å²) in [6.45, 7) is 0. The maximum Gasteiger partial charge on any atom is 1.00 e. The third kappa shape index (κ3) is 705. The van der Waals surface area contributed by atoms with Crippen molar-refractivity contribution in [3.8, 4) is 0 Å². The van der Waals surface area contributed by atoms with Crippen LogP contribution < -0.4 is 138 Å². The quantitative estimate of drug-likeness (QED) is 0.208. The molecule has 0 aromatic carbocycles. The van der Waals surface area contributed by atoms with E-state index >= 15 is 0 Å². The molecule has 104 valence electrons. The van der Waals surface area contributed by atoms with Gasteiger partial charge in [-0.3, -0.25) is 0 Å². The summed E-state index contributed by atoms with van der Waals surface area (Å²) in [5.74, 6) is 0. The Hall–Kier alpha value is 4.08. The number of rotatable bonds is 0. The first-order chi connectivity index (χ1) is 6.93. The van der Waals surface area contributed by atoms with Crippen molar-refractivity contribution in [3.05, 3.63) is 0 Å². The van der Waals surface area contributed by atoms with Crippen LogP contribution in [-0.2, 0) is 18.3 Å². The molecule has 0 atom stereocenters. The molecule has 0 radical (unpaired) electrons. The van der Waals surface area contributed by atoms with Gasteiger partial charge in [0.15, 0.2) is 0 Å². The Morgan fingerprint density at radius 3 is 0.524 bits per heavy atom. The second-order valence-electron chi connectivity index (χ2n) is 0.953. The van der Waals surface area contributed by atoms with E-state index in [2.05, 4.69) is 0 Å². The molecule has 0 bridgehead atoms. The van der Waals surface area contributed by atoms with Crippen LogP contribution in [0.15, 0.2) is 0 Å². The molecule has 0 rings (SSSR count). The van der Waals surface area contributed by atoms with Crippen molar-refractivity contribution in [1.29, 1.82) is 0 Å². The van der Waals surface area contributed by atoms with E-state index in [1.165, 1.54) is 0 Å². The molecule has 0 aliphatic carbocycles. The third-order valence-electron chi connectivity index (χ3n) is 0. The molecule has 4 N–H and O–H groups in total. The Labute approximate surface area is 212 Å². The van der Waals surface area contributed by atoms with Gasteiger partial charge in [0.25, 0.3) is 16.5 Å². The van der Waals surface area contributed by atoms with Gasteiger partial charge in [0.05, 0.1) is 0 Å². The van der Waals surface area contributed by atoms with Crippen LogP contribution in [0.5, 0.6) is 0 Å². The van der Waals surface area contributed by atoms with Crippen LogP contribution in [0.2, 0.25) is 0 Å². The SMILES string of the molecule is C.O=[P+](O)O.O=[P+](O)O.O=[P+]([O-])[O-].O=[P+]([O-])[O-].[Na+].[Na+].[Na+].[Na+]. The molecule has 0 heterocycles. The van der Waals surface area contributed by atoms with E-state index in [9.17, 15) is 0 Å². The molecule has 0 saturated heterocycles. The van der Waals surface area contributed by atoms with Crippen molar-refractivity contribution in [1.82, 2.24) is 0 Å². The fourth-order valence-electron chi connectivity index (χ4n) is 0. The zero-order valence-corrected chi connectivity index (χ0v) is 22.4. The molecule has 0 aliphatic heterocycles. The molecule has 0 spiro atoms. The van der Waals surface area contributed by atoms with Gasteiger partial charge in [0.2, 0.25) is 0 Å². The van der Waals surface area contributed by atoms with Crippen LogP contribution in [0.25, 0.3) is 0 Å². The summed E-state index contributed by atoms with van der Waals surface area (Å²) >= 11 is 0.